The summed E-state index contributed by atoms with van der Waals surface area (Å²) in [5.41, 5.74) is 2.83. The predicted molar refractivity (Wildman–Crippen MR) is 130 cm³/mol. The second-order valence-electron chi connectivity index (χ2n) is 9.21. The zero-order chi connectivity index (χ0) is 24.0. The number of pyridine rings is 1. The number of nitrogens with one attached hydrogen (secondary N) is 2. The Hall–Kier alpha value is -3.13. The highest BCUT2D eigenvalue weighted by Gasteiger charge is 2.21. The molecule has 0 aliphatic heterocycles. The molecule has 2 N–H and O–H groups in total. The molecule has 0 unspecified atom stereocenters. The van der Waals surface area contributed by atoms with Crippen molar-refractivity contribution in [2.24, 2.45) is 0 Å². The molecule has 8 nitrogen and oxygen atoms in total. The summed E-state index contributed by atoms with van der Waals surface area (Å²) in [5.74, 6) is 0. The van der Waals surface area contributed by atoms with E-state index < -0.39 is 11.7 Å². The number of nitrogens with zero attached hydrogens (tertiary/aromatic N) is 4. The fraction of sp³-hybridized carbons (Fsp3) is 0.417. The lowest BCUT2D eigenvalue weighted by Gasteiger charge is -2.23. The van der Waals surface area contributed by atoms with Crippen LogP contribution in [0.15, 0.2) is 48.8 Å². The smallest absolute Gasteiger partial charge is 0.407 e. The molecule has 2 aromatic heterocycles. The van der Waals surface area contributed by atoms with E-state index in [1.165, 1.54) is 0 Å². The van der Waals surface area contributed by atoms with Gasteiger partial charge in [0.1, 0.15) is 16.4 Å². The average Bonchev–Trinajstić information content (AvgIpc) is 3.15. The third kappa shape index (κ3) is 7.75. The maximum absolute atomic E-state index is 12.4. The Morgan fingerprint density at radius 3 is 2.61 bits per heavy atom. The topological polar surface area (TPSA) is 94.0 Å². The van der Waals surface area contributed by atoms with E-state index in [0.29, 0.717) is 23.8 Å². The third-order valence-electron chi connectivity index (χ3n) is 4.58. The van der Waals surface area contributed by atoms with Gasteiger partial charge in [-0.15, -0.1) is 5.10 Å². The molecule has 0 aliphatic rings. The molecule has 0 aliphatic carbocycles. The highest BCUT2D eigenvalue weighted by molar-refractivity contribution is 6.29. The van der Waals surface area contributed by atoms with Crippen LogP contribution in [0.4, 0.5) is 10.5 Å². The van der Waals surface area contributed by atoms with Gasteiger partial charge in [-0.2, -0.15) is 0 Å². The van der Waals surface area contributed by atoms with E-state index in [0.717, 1.165) is 16.8 Å². The van der Waals surface area contributed by atoms with Gasteiger partial charge in [0.15, 0.2) is 0 Å². The van der Waals surface area contributed by atoms with Crippen LogP contribution in [-0.4, -0.2) is 43.8 Å². The Bertz CT molecular complexity index is 1060. The number of ether oxygens (including phenoxy) is 1. The Morgan fingerprint density at radius 1 is 1.21 bits per heavy atom. The van der Waals surface area contributed by atoms with Gasteiger partial charge in [0.2, 0.25) is 0 Å². The van der Waals surface area contributed by atoms with Crippen LogP contribution in [-0.2, 0) is 17.7 Å². The van der Waals surface area contributed by atoms with Crippen molar-refractivity contribution in [1.82, 2.24) is 25.3 Å². The van der Waals surface area contributed by atoms with Gasteiger partial charge in [0.05, 0.1) is 18.8 Å². The number of benzene rings is 1. The third-order valence-corrected chi connectivity index (χ3v) is 4.79. The Kier molecular flexibility index (Phi) is 7.92. The standard InChI is InChI=1S/C24H31ClN6O2/c1-16(2)27-20-12-22(25)26-13-19(20)21-15-31(30-29-21)14-18(11-17-9-7-6-8-10-17)28-23(32)33-24(3,4)5/h6-10,12-13,15-16,18H,11,14H2,1-5H3,(H,26,27)(H,28,32)/t18-/m0/s1. The van der Waals surface area contributed by atoms with Crippen LogP contribution >= 0.6 is 11.6 Å². The van der Waals surface area contributed by atoms with Crippen molar-refractivity contribution in [3.63, 3.8) is 0 Å². The zero-order valence-electron chi connectivity index (χ0n) is 19.7. The summed E-state index contributed by atoms with van der Waals surface area (Å²) in [5, 5.41) is 15.4. The number of anilines is 1. The van der Waals surface area contributed by atoms with Crippen LogP contribution in [0.1, 0.15) is 40.2 Å². The summed E-state index contributed by atoms with van der Waals surface area (Å²) in [6.45, 7) is 10.0. The minimum Gasteiger partial charge on any atom is -0.444 e. The number of hydrogen-bond acceptors (Lipinski definition) is 6. The number of carbonyl (C=O) groups excluding carboxylic acids is 1. The molecule has 0 saturated carbocycles. The molecule has 3 aromatic rings. The molecule has 0 fully saturated rings. The summed E-state index contributed by atoms with van der Waals surface area (Å²) in [7, 11) is 0. The SMILES string of the molecule is CC(C)Nc1cc(Cl)ncc1-c1cn(C[C@H](Cc2ccccc2)NC(=O)OC(C)(C)C)nn1. The Labute approximate surface area is 199 Å². The van der Waals surface area contributed by atoms with Crippen molar-refractivity contribution in [3.8, 4) is 11.3 Å². The van der Waals surface area contributed by atoms with E-state index in [9.17, 15) is 4.79 Å². The van der Waals surface area contributed by atoms with Crippen LogP contribution in [0.2, 0.25) is 5.15 Å². The highest BCUT2D eigenvalue weighted by atomic mass is 35.5. The summed E-state index contributed by atoms with van der Waals surface area (Å²) in [6, 6.07) is 11.7. The number of aromatic nitrogens is 4. The van der Waals surface area contributed by atoms with Crippen molar-refractivity contribution in [1.29, 1.82) is 0 Å². The van der Waals surface area contributed by atoms with E-state index >= 15 is 0 Å². The number of amides is 1. The normalized spacial score (nSPS) is 12.5. The molecule has 2 heterocycles. The molecule has 9 heteroatoms. The van der Waals surface area contributed by atoms with E-state index in [-0.39, 0.29) is 12.1 Å². The van der Waals surface area contributed by atoms with Crippen molar-refractivity contribution >= 4 is 23.4 Å². The van der Waals surface area contributed by atoms with Crippen LogP contribution in [0, 0.1) is 0 Å². The van der Waals surface area contributed by atoms with E-state index in [1.54, 1.807) is 16.9 Å². The molecule has 3 rings (SSSR count). The molecule has 0 bridgehead atoms. The van der Waals surface area contributed by atoms with E-state index in [4.69, 9.17) is 16.3 Å². The first-order valence-corrected chi connectivity index (χ1v) is 11.3. The van der Waals surface area contributed by atoms with Crippen molar-refractivity contribution in [2.45, 2.75) is 65.3 Å². The quantitative estimate of drug-likeness (QED) is 0.452. The summed E-state index contributed by atoms with van der Waals surface area (Å²) in [4.78, 5) is 16.6. The first-order chi connectivity index (χ1) is 15.6. The minimum atomic E-state index is -0.580. The molecule has 1 aromatic carbocycles. The monoisotopic (exact) mass is 470 g/mol. The van der Waals surface area contributed by atoms with E-state index in [2.05, 4.69) is 25.9 Å². The number of alkyl carbamates (subject to hydrolysis) is 1. The van der Waals surface area contributed by atoms with Crippen molar-refractivity contribution in [2.75, 3.05) is 5.32 Å². The maximum atomic E-state index is 12.4. The largest absolute Gasteiger partial charge is 0.444 e. The van der Waals surface area contributed by atoms with Crippen molar-refractivity contribution in [3.05, 3.63) is 59.5 Å². The van der Waals surface area contributed by atoms with Crippen LogP contribution in [0.3, 0.4) is 0 Å². The lowest BCUT2D eigenvalue weighted by molar-refractivity contribution is 0.0498. The number of hydrogen-bond donors (Lipinski definition) is 2. The summed E-state index contributed by atoms with van der Waals surface area (Å²) >= 11 is 6.09. The summed E-state index contributed by atoms with van der Waals surface area (Å²) < 4.78 is 7.17. The van der Waals surface area contributed by atoms with Crippen molar-refractivity contribution < 1.29 is 9.53 Å². The molecule has 0 saturated heterocycles. The predicted octanol–water partition coefficient (Wildman–Crippen LogP) is 4.95. The second kappa shape index (κ2) is 10.7. The van der Waals surface area contributed by atoms with Crippen LogP contribution in [0.25, 0.3) is 11.3 Å². The lowest BCUT2D eigenvalue weighted by atomic mass is 10.1. The molecule has 1 amide bonds. The number of carbonyl (C=O) groups is 1. The fourth-order valence-corrected chi connectivity index (χ4v) is 3.49. The second-order valence-corrected chi connectivity index (χ2v) is 9.60. The highest BCUT2D eigenvalue weighted by Crippen LogP contribution is 2.28. The minimum absolute atomic E-state index is 0.213. The zero-order valence-corrected chi connectivity index (χ0v) is 20.4. The first-order valence-electron chi connectivity index (χ1n) is 10.9. The van der Waals surface area contributed by atoms with Gasteiger partial charge < -0.3 is 15.4 Å². The Balaban J connectivity index is 1.80. The molecule has 0 spiro atoms. The van der Waals surface area contributed by atoms with E-state index in [1.807, 2.05) is 71.1 Å². The lowest BCUT2D eigenvalue weighted by Crippen LogP contribution is -2.42. The van der Waals surface area contributed by atoms with Gasteiger partial charge in [-0.3, -0.25) is 0 Å². The van der Waals surface area contributed by atoms with Gasteiger partial charge in [0, 0.05) is 23.5 Å². The van der Waals surface area contributed by atoms with Gasteiger partial charge in [0.25, 0.3) is 0 Å². The Morgan fingerprint density at radius 2 is 1.94 bits per heavy atom. The fourth-order valence-electron chi connectivity index (χ4n) is 3.34. The molecule has 33 heavy (non-hydrogen) atoms. The van der Waals surface area contributed by atoms with Gasteiger partial charge in [-0.05, 0) is 52.7 Å². The average molecular weight is 471 g/mol. The number of rotatable bonds is 8. The molecular weight excluding hydrogens is 440 g/mol. The van der Waals surface area contributed by atoms with Gasteiger partial charge >= 0.3 is 6.09 Å². The molecule has 176 valence electrons. The van der Waals surface area contributed by atoms with Gasteiger partial charge in [-0.25, -0.2) is 14.5 Å². The number of halogens is 1. The first kappa shape index (κ1) is 24.5. The van der Waals surface area contributed by atoms with Crippen LogP contribution < -0.4 is 10.6 Å². The van der Waals surface area contributed by atoms with Crippen LogP contribution in [0.5, 0.6) is 0 Å². The molecule has 0 radical (unpaired) electrons. The molecular formula is C24H31ClN6O2. The maximum Gasteiger partial charge on any atom is 0.407 e. The van der Waals surface area contributed by atoms with Gasteiger partial charge in [-0.1, -0.05) is 47.1 Å². The summed E-state index contributed by atoms with van der Waals surface area (Å²) in [6.07, 6.45) is 3.68. The molecule has 1 atom stereocenters.